The molecule has 0 bridgehead atoms. The summed E-state index contributed by atoms with van der Waals surface area (Å²) in [5.41, 5.74) is 8.21. The predicted octanol–water partition coefficient (Wildman–Crippen LogP) is 6.76. The molecule has 200 valence electrons. The van der Waals surface area contributed by atoms with Gasteiger partial charge in [-0.05, 0) is 99.1 Å². The van der Waals surface area contributed by atoms with Crippen LogP contribution in [-0.2, 0) is 4.79 Å². The summed E-state index contributed by atoms with van der Waals surface area (Å²) in [4.78, 5) is 19.7. The summed E-state index contributed by atoms with van der Waals surface area (Å²) in [6.07, 6.45) is 2.10. The van der Waals surface area contributed by atoms with Gasteiger partial charge in [-0.15, -0.1) is 0 Å². The van der Waals surface area contributed by atoms with Crippen molar-refractivity contribution in [1.29, 1.82) is 0 Å². The first-order chi connectivity index (χ1) is 18.7. The van der Waals surface area contributed by atoms with E-state index in [1.54, 1.807) is 6.20 Å². The van der Waals surface area contributed by atoms with Gasteiger partial charge in [-0.1, -0.05) is 35.9 Å². The molecule has 8 heteroatoms. The van der Waals surface area contributed by atoms with Gasteiger partial charge in [0.2, 0.25) is 5.91 Å². The van der Waals surface area contributed by atoms with Crippen LogP contribution in [0, 0.1) is 27.7 Å². The second-order valence-electron chi connectivity index (χ2n) is 10.0. The fraction of sp³-hybridized carbons (Fsp3) is 0.258. The second kappa shape index (κ2) is 11.2. The van der Waals surface area contributed by atoms with E-state index in [-0.39, 0.29) is 18.0 Å². The van der Waals surface area contributed by atoms with E-state index in [0.717, 1.165) is 50.2 Å². The van der Waals surface area contributed by atoms with Crippen LogP contribution < -0.4 is 10.6 Å². The lowest BCUT2D eigenvalue weighted by atomic mass is 9.96. The minimum atomic E-state index is -0.159. The Labute approximate surface area is 240 Å². The van der Waals surface area contributed by atoms with Crippen molar-refractivity contribution in [3.63, 3.8) is 0 Å². The summed E-state index contributed by atoms with van der Waals surface area (Å²) in [5, 5.41) is 7.86. The summed E-state index contributed by atoms with van der Waals surface area (Å²) in [6, 6.07) is 21.6. The third-order valence-electron chi connectivity index (χ3n) is 7.35. The Balaban J connectivity index is 1.49. The molecular weight excluding hydrogens is 526 g/mol. The first kappa shape index (κ1) is 26.9. The van der Waals surface area contributed by atoms with Crippen LogP contribution in [0.15, 0.2) is 72.9 Å². The minimum Gasteiger partial charge on any atom is -0.352 e. The molecule has 0 radical (unpaired) electrons. The maximum absolute atomic E-state index is 12.9. The molecule has 2 aromatic heterocycles. The van der Waals surface area contributed by atoms with Crippen LogP contribution in [-0.4, -0.2) is 32.0 Å². The molecule has 0 aliphatic carbocycles. The number of carbonyl (C=O) groups is 1. The molecule has 4 aromatic rings. The van der Waals surface area contributed by atoms with E-state index in [9.17, 15) is 4.79 Å². The SMILES string of the molecule is Cc1cccc(NC(=O)CCN2C(=S)N[C@@H](c3ccccn3)[C@H]2c2cc(C)n(-c3cccc(Cl)c3C)c2C)c1. The summed E-state index contributed by atoms with van der Waals surface area (Å²) < 4.78 is 2.25. The molecule has 2 atom stereocenters. The lowest BCUT2D eigenvalue weighted by Gasteiger charge is -2.28. The number of amides is 1. The maximum Gasteiger partial charge on any atom is 0.226 e. The zero-order valence-electron chi connectivity index (χ0n) is 22.5. The van der Waals surface area contributed by atoms with Crippen molar-refractivity contribution in [2.45, 2.75) is 46.2 Å². The number of benzene rings is 2. The highest BCUT2D eigenvalue weighted by Gasteiger charge is 2.41. The normalized spacial score (nSPS) is 16.8. The molecule has 2 aromatic carbocycles. The summed E-state index contributed by atoms with van der Waals surface area (Å²) >= 11 is 12.3. The van der Waals surface area contributed by atoms with Gasteiger partial charge in [0.15, 0.2) is 5.11 Å². The number of hydrogen-bond acceptors (Lipinski definition) is 3. The number of carbonyl (C=O) groups excluding carboxylic acids is 1. The van der Waals surface area contributed by atoms with E-state index < -0.39 is 0 Å². The van der Waals surface area contributed by atoms with Crippen molar-refractivity contribution in [1.82, 2.24) is 19.8 Å². The van der Waals surface area contributed by atoms with Gasteiger partial charge in [0, 0.05) is 46.9 Å². The number of rotatable bonds is 7. The van der Waals surface area contributed by atoms with Crippen LogP contribution >= 0.6 is 23.8 Å². The molecule has 39 heavy (non-hydrogen) atoms. The first-order valence-corrected chi connectivity index (χ1v) is 13.8. The van der Waals surface area contributed by atoms with Gasteiger partial charge in [-0.25, -0.2) is 0 Å². The Morgan fingerprint density at radius 2 is 1.85 bits per heavy atom. The summed E-state index contributed by atoms with van der Waals surface area (Å²) in [5.74, 6) is -0.0524. The number of nitrogens with zero attached hydrogens (tertiary/aromatic N) is 3. The monoisotopic (exact) mass is 557 g/mol. The number of anilines is 1. The molecule has 0 spiro atoms. The van der Waals surface area contributed by atoms with Crippen molar-refractivity contribution in [2.75, 3.05) is 11.9 Å². The number of aryl methyl sites for hydroxylation is 2. The van der Waals surface area contributed by atoms with Crippen molar-refractivity contribution in [3.8, 4) is 5.69 Å². The Bertz CT molecular complexity index is 1530. The van der Waals surface area contributed by atoms with Crippen molar-refractivity contribution >= 4 is 40.5 Å². The smallest absolute Gasteiger partial charge is 0.226 e. The quantitative estimate of drug-likeness (QED) is 0.246. The predicted molar refractivity (Wildman–Crippen MR) is 162 cm³/mol. The highest BCUT2D eigenvalue weighted by Crippen LogP contribution is 2.42. The van der Waals surface area contributed by atoms with Crippen LogP contribution in [0.5, 0.6) is 0 Å². The maximum atomic E-state index is 12.9. The molecule has 0 unspecified atom stereocenters. The zero-order chi connectivity index (χ0) is 27.7. The van der Waals surface area contributed by atoms with Crippen LogP contribution in [0.3, 0.4) is 0 Å². The highest BCUT2D eigenvalue weighted by molar-refractivity contribution is 7.80. The number of aromatic nitrogens is 2. The van der Waals surface area contributed by atoms with Crippen molar-refractivity contribution in [2.24, 2.45) is 0 Å². The van der Waals surface area contributed by atoms with Crippen LogP contribution in [0.2, 0.25) is 5.02 Å². The Morgan fingerprint density at radius 1 is 1.05 bits per heavy atom. The van der Waals surface area contributed by atoms with Gasteiger partial charge in [0.1, 0.15) is 0 Å². The molecule has 3 heterocycles. The highest BCUT2D eigenvalue weighted by atomic mass is 35.5. The molecule has 2 N–H and O–H groups in total. The van der Waals surface area contributed by atoms with Crippen molar-refractivity contribution in [3.05, 3.63) is 112 Å². The Morgan fingerprint density at radius 3 is 2.59 bits per heavy atom. The Kier molecular flexibility index (Phi) is 7.73. The molecule has 5 rings (SSSR count). The topological polar surface area (TPSA) is 62.2 Å². The molecule has 1 aliphatic rings. The Hall–Kier alpha value is -3.68. The van der Waals surface area contributed by atoms with Gasteiger partial charge in [0.05, 0.1) is 17.8 Å². The van der Waals surface area contributed by atoms with Gasteiger partial charge in [-0.3, -0.25) is 9.78 Å². The van der Waals surface area contributed by atoms with Gasteiger partial charge in [-0.2, -0.15) is 0 Å². The molecule has 1 aliphatic heterocycles. The summed E-state index contributed by atoms with van der Waals surface area (Å²) in [6.45, 7) is 8.75. The minimum absolute atomic E-state index is 0.0524. The summed E-state index contributed by atoms with van der Waals surface area (Å²) in [7, 11) is 0. The van der Waals surface area contributed by atoms with Crippen LogP contribution in [0.1, 0.15) is 52.3 Å². The third-order valence-corrected chi connectivity index (χ3v) is 8.11. The molecular formula is C31H32ClN5OS. The largest absolute Gasteiger partial charge is 0.352 e. The fourth-order valence-corrected chi connectivity index (χ4v) is 5.95. The van der Waals surface area contributed by atoms with E-state index >= 15 is 0 Å². The number of pyridine rings is 1. The second-order valence-corrected chi connectivity index (χ2v) is 10.8. The lowest BCUT2D eigenvalue weighted by molar-refractivity contribution is -0.116. The lowest BCUT2D eigenvalue weighted by Crippen LogP contribution is -2.32. The van der Waals surface area contributed by atoms with Gasteiger partial charge < -0.3 is 20.1 Å². The third kappa shape index (κ3) is 5.42. The van der Waals surface area contributed by atoms with E-state index in [4.69, 9.17) is 23.8 Å². The molecule has 1 saturated heterocycles. The molecule has 6 nitrogen and oxygen atoms in total. The van der Waals surface area contributed by atoms with Crippen LogP contribution in [0.25, 0.3) is 5.69 Å². The molecule has 1 fully saturated rings. The van der Waals surface area contributed by atoms with Crippen LogP contribution in [0.4, 0.5) is 5.69 Å². The number of halogens is 1. The van der Waals surface area contributed by atoms with E-state index in [1.807, 2.05) is 68.4 Å². The van der Waals surface area contributed by atoms with Gasteiger partial charge >= 0.3 is 0 Å². The van der Waals surface area contributed by atoms with E-state index in [2.05, 4.69) is 51.1 Å². The number of hydrogen-bond donors (Lipinski definition) is 2. The molecule has 0 saturated carbocycles. The van der Waals surface area contributed by atoms with E-state index in [1.165, 1.54) is 0 Å². The molecule has 1 amide bonds. The zero-order valence-corrected chi connectivity index (χ0v) is 24.1. The number of thiocarbonyl (C=S) groups is 1. The number of nitrogens with one attached hydrogen (secondary N) is 2. The van der Waals surface area contributed by atoms with Crippen molar-refractivity contribution < 1.29 is 4.79 Å². The fourth-order valence-electron chi connectivity index (χ4n) is 5.45. The average molecular weight is 558 g/mol. The standard InChI is InChI=1S/C31H32ClN5OS/c1-19-9-7-10-23(17-19)34-28(38)14-16-36-30(29(35-31(36)39)26-12-5-6-15-33-26)24-18-20(2)37(22(24)4)27-13-8-11-25(32)21(27)3/h5-13,15,17-18,29-30H,14,16H2,1-4H3,(H,34,38)(H,35,39)/t29-,30+/m0/s1. The van der Waals surface area contributed by atoms with Gasteiger partial charge in [0.25, 0.3) is 0 Å². The average Bonchev–Trinajstić information content (AvgIpc) is 3.39. The first-order valence-electron chi connectivity index (χ1n) is 13.0. The van der Waals surface area contributed by atoms with E-state index in [0.29, 0.717) is 18.1 Å².